The van der Waals surface area contributed by atoms with Gasteiger partial charge in [-0.05, 0) is 19.3 Å². The van der Waals surface area contributed by atoms with Crippen LogP contribution >= 0.6 is 0 Å². The van der Waals surface area contributed by atoms with Crippen molar-refractivity contribution in [2.45, 2.75) is 31.5 Å². The molecule has 2 bridgehead atoms. The Labute approximate surface area is 116 Å². The van der Waals surface area contributed by atoms with Gasteiger partial charge in [-0.1, -0.05) is 0 Å². The van der Waals surface area contributed by atoms with Gasteiger partial charge in [0.05, 0.1) is 25.2 Å². The first-order chi connectivity index (χ1) is 9.58. The Balaban J connectivity index is 1.69. The number of hydrogen-bond donors (Lipinski definition) is 1. The summed E-state index contributed by atoms with van der Waals surface area (Å²) >= 11 is 0. The summed E-state index contributed by atoms with van der Waals surface area (Å²) in [6.45, 7) is 0. The second-order valence-corrected chi connectivity index (χ2v) is 5.24. The number of rotatable bonds is 3. The molecular formula is C13H17N3O4. The third-order valence-corrected chi connectivity index (χ3v) is 3.97. The van der Waals surface area contributed by atoms with Crippen molar-refractivity contribution in [3.63, 3.8) is 0 Å². The molecule has 2 aliphatic heterocycles. The number of esters is 1. The molecule has 7 nitrogen and oxygen atoms in total. The molecule has 108 valence electrons. The van der Waals surface area contributed by atoms with Gasteiger partial charge >= 0.3 is 5.97 Å². The molecule has 7 heteroatoms. The van der Waals surface area contributed by atoms with Crippen LogP contribution in [0.5, 0.6) is 0 Å². The zero-order chi connectivity index (χ0) is 14.3. The highest BCUT2D eigenvalue weighted by Gasteiger charge is 2.44. The number of amides is 1. The van der Waals surface area contributed by atoms with E-state index in [0.717, 1.165) is 19.3 Å². The lowest BCUT2D eigenvalue weighted by Crippen LogP contribution is -2.30. The normalized spacial score (nSPS) is 27.6. The molecule has 0 spiro atoms. The lowest BCUT2D eigenvalue weighted by atomic mass is 9.88. The van der Waals surface area contributed by atoms with Gasteiger partial charge in [0.2, 0.25) is 5.91 Å². The summed E-state index contributed by atoms with van der Waals surface area (Å²) in [5.74, 6) is -0.325. The van der Waals surface area contributed by atoms with Crippen LogP contribution in [-0.2, 0) is 21.3 Å². The first-order valence-corrected chi connectivity index (χ1v) is 6.67. The zero-order valence-electron chi connectivity index (χ0n) is 11.5. The van der Waals surface area contributed by atoms with Crippen LogP contribution in [0.2, 0.25) is 0 Å². The van der Waals surface area contributed by atoms with Gasteiger partial charge in [-0.2, -0.15) is 5.10 Å². The van der Waals surface area contributed by atoms with Crippen LogP contribution in [0.1, 0.15) is 29.8 Å². The number of aryl methyl sites for hydroxylation is 1. The van der Waals surface area contributed by atoms with Crippen LogP contribution in [0.15, 0.2) is 6.07 Å². The summed E-state index contributed by atoms with van der Waals surface area (Å²) < 4.78 is 11.7. The molecule has 3 atom stereocenters. The largest absolute Gasteiger partial charge is 0.464 e. The van der Waals surface area contributed by atoms with Gasteiger partial charge in [0, 0.05) is 13.1 Å². The summed E-state index contributed by atoms with van der Waals surface area (Å²) in [6, 6.07) is 1.51. The van der Waals surface area contributed by atoms with Gasteiger partial charge < -0.3 is 14.8 Å². The number of nitrogens with one attached hydrogen (secondary N) is 1. The van der Waals surface area contributed by atoms with E-state index in [2.05, 4.69) is 15.2 Å². The monoisotopic (exact) mass is 279 g/mol. The summed E-state index contributed by atoms with van der Waals surface area (Å²) in [6.07, 6.45) is 3.02. The van der Waals surface area contributed by atoms with Crippen molar-refractivity contribution in [3.05, 3.63) is 11.8 Å². The van der Waals surface area contributed by atoms with Gasteiger partial charge in [-0.25, -0.2) is 4.79 Å². The molecule has 2 saturated heterocycles. The van der Waals surface area contributed by atoms with Crippen LogP contribution in [-0.4, -0.2) is 41.0 Å². The molecule has 0 saturated carbocycles. The molecule has 20 heavy (non-hydrogen) atoms. The maximum absolute atomic E-state index is 12.2. The van der Waals surface area contributed by atoms with Gasteiger partial charge in [0.25, 0.3) is 0 Å². The second kappa shape index (κ2) is 4.90. The number of carbonyl (C=O) groups excluding carboxylic acids is 2. The second-order valence-electron chi connectivity index (χ2n) is 5.24. The molecule has 1 aromatic rings. The van der Waals surface area contributed by atoms with Gasteiger partial charge in [0.1, 0.15) is 5.69 Å². The lowest BCUT2D eigenvalue weighted by Gasteiger charge is -2.16. The highest BCUT2D eigenvalue weighted by molar-refractivity contribution is 5.94. The highest BCUT2D eigenvalue weighted by atomic mass is 16.5. The fourth-order valence-electron chi connectivity index (χ4n) is 2.96. The number of methoxy groups -OCH3 is 1. The Morgan fingerprint density at radius 2 is 2.30 bits per heavy atom. The Bertz CT molecular complexity index is 554. The number of hydrogen-bond acceptors (Lipinski definition) is 5. The topological polar surface area (TPSA) is 82.4 Å². The van der Waals surface area contributed by atoms with Crippen LogP contribution in [0, 0.1) is 5.92 Å². The summed E-state index contributed by atoms with van der Waals surface area (Å²) in [5.41, 5.74) is 0.298. The maximum Gasteiger partial charge on any atom is 0.356 e. The fraction of sp³-hybridized carbons (Fsp3) is 0.615. The van der Waals surface area contributed by atoms with Crippen molar-refractivity contribution >= 4 is 17.7 Å². The Hall–Kier alpha value is -1.89. The van der Waals surface area contributed by atoms with Crippen molar-refractivity contribution in [2.24, 2.45) is 13.0 Å². The van der Waals surface area contributed by atoms with E-state index in [1.807, 2.05) is 0 Å². The number of ether oxygens (including phenoxy) is 2. The van der Waals surface area contributed by atoms with Crippen molar-refractivity contribution < 1.29 is 19.1 Å². The standard InChI is InChI=1S/C13H17N3O4/c1-16-9(13(18)19-2)6-11(15-16)14-12(17)8-5-7-3-4-10(8)20-7/h6-8,10H,3-5H2,1-2H3,(H,14,15,17). The fourth-order valence-corrected chi connectivity index (χ4v) is 2.96. The van der Waals surface area contributed by atoms with E-state index in [1.165, 1.54) is 17.9 Å². The van der Waals surface area contributed by atoms with E-state index in [0.29, 0.717) is 11.5 Å². The maximum atomic E-state index is 12.2. The van der Waals surface area contributed by atoms with Crippen LogP contribution in [0.4, 0.5) is 5.82 Å². The van der Waals surface area contributed by atoms with Gasteiger partial charge in [-0.3, -0.25) is 9.48 Å². The number of aromatic nitrogens is 2. The minimum Gasteiger partial charge on any atom is -0.464 e. The quantitative estimate of drug-likeness (QED) is 0.824. The van der Waals surface area contributed by atoms with Crippen molar-refractivity contribution in [1.29, 1.82) is 0 Å². The highest BCUT2D eigenvalue weighted by Crippen LogP contribution is 2.39. The molecule has 1 N–H and O–H groups in total. The number of fused-ring (bicyclic) bond motifs is 2. The van der Waals surface area contributed by atoms with E-state index < -0.39 is 5.97 Å². The van der Waals surface area contributed by atoms with Gasteiger partial charge in [-0.15, -0.1) is 0 Å². The molecule has 2 aliphatic rings. The van der Waals surface area contributed by atoms with Crippen LogP contribution in [0.25, 0.3) is 0 Å². The summed E-state index contributed by atoms with van der Waals surface area (Å²) in [7, 11) is 2.93. The number of nitrogens with zero attached hydrogens (tertiary/aromatic N) is 2. The molecule has 0 aliphatic carbocycles. The van der Waals surface area contributed by atoms with E-state index >= 15 is 0 Å². The van der Waals surface area contributed by atoms with E-state index in [4.69, 9.17) is 4.74 Å². The molecule has 3 heterocycles. The van der Waals surface area contributed by atoms with Crippen molar-refractivity contribution in [2.75, 3.05) is 12.4 Å². The van der Waals surface area contributed by atoms with Crippen molar-refractivity contribution in [3.8, 4) is 0 Å². The minimum absolute atomic E-state index is 0.0313. The first-order valence-electron chi connectivity index (χ1n) is 6.67. The summed E-state index contributed by atoms with van der Waals surface area (Å²) in [4.78, 5) is 23.7. The third-order valence-electron chi connectivity index (χ3n) is 3.97. The molecule has 1 amide bonds. The third kappa shape index (κ3) is 2.18. The average molecular weight is 279 g/mol. The smallest absolute Gasteiger partial charge is 0.356 e. The van der Waals surface area contributed by atoms with Crippen LogP contribution in [0.3, 0.4) is 0 Å². The first kappa shape index (κ1) is 13.1. The number of carbonyl (C=O) groups is 2. The van der Waals surface area contributed by atoms with E-state index in [9.17, 15) is 9.59 Å². The lowest BCUT2D eigenvalue weighted by molar-refractivity contribution is -0.121. The number of anilines is 1. The predicted molar refractivity (Wildman–Crippen MR) is 69.2 cm³/mol. The zero-order valence-corrected chi connectivity index (χ0v) is 11.5. The minimum atomic E-state index is -0.483. The predicted octanol–water partition coefficient (Wildman–Crippen LogP) is 0.713. The SMILES string of the molecule is COC(=O)c1cc(NC(=O)C2CC3CCC2O3)nn1C. The molecular weight excluding hydrogens is 262 g/mol. The van der Waals surface area contributed by atoms with Crippen molar-refractivity contribution in [1.82, 2.24) is 9.78 Å². The van der Waals surface area contributed by atoms with Crippen LogP contribution < -0.4 is 5.32 Å². The molecule has 3 rings (SSSR count). The van der Waals surface area contributed by atoms with Gasteiger partial charge in [0.15, 0.2) is 5.82 Å². The molecule has 1 aromatic heterocycles. The molecule has 0 aromatic carbocycles. The summed E-state index contributed by atoms with van der Waals surface area (Å²) in [5, 5.41) is 6.85. The average Bonchev–Trinajstić information content (AvgIpc) is 3.13. The molecule has 2 fully saturated rings. The Morgan fingerprint density at radius 1 is 1.50 bits per heavy atom. The molecule has 3 unspecified atom stereocenters. The molecule has 0 radical (unpaired) electrons. The Morgan fingerprint density at radius 3 is 2.90 bits per heavy atom. The van der Waals surface area contributed by atoms with E-state index in [-0.39, 0.29) is 24.0 Å². The Kier molecular flexibility index (Phi) is 3.21. The van der Waals surface area contributed by atoms with E-state index in [1.54, 1.807) is 7.05 Å².